The minimum atomic E-state index is -0.432. The van der Waals surface area contributed by atoms with Gasteiger partial charge >= 0.3 is 0 Å². The smallest absolute Gasteiger partial charge is 0.269 e. The van der Waals surface area contributed by atoms with E-state index in [1.807, 2.05) is 5.38 Å². The highest BCUT2D eigenvalue weighted by molar-refractivity contribution is 7.14. The van der Waals surface area contributed by atoms with Crippen molar-refractivity contribution in [2.75, 3.05) is 11.9 Å². The van der Waals surface area contributed by atoms with Crippen molar-refractivity contribution in [3.8, 4) is 11.5 Å². The number of amides is 1. The fourth-order valence-electron chi connectivity index (χ4n) is 2.51. The molecule has 2 heterocycles. The first-order valence-corrected chi connectivity index (χ1v) is 9.88. The van der Waals surface area contributed by atoms with E-state index < -0.39 is 4.92 Å². The topological polar surface area (TPSA) is 149 Å². The molecule has 0 atom stereocenters. The normalized spacial score (nSPS) is 11.3. The Morgan fingerprint density at radius 1 is 1.30 bits per heavy atom. The number of guanidine groups is 1. The summed E-state index contributed by atoms with van der Waals surface area (Å²) in [5.41, 5.74) is 7.54. The highest BCUT2D eigenvalue weighted by Gasteiger charge is 2.10. The van der Waals surface area contributed by atoms with Gasteiger partial charge in [-0.25, -0.2) is 4.98 Å². The van der Waals surface area contributed by atoms with E-state index in [9.17, 15) is 14.9 Å². The van der Waals surface area contributed by atoms with Crippen molar-refractivity contribution in [1.29, 1.82) is 0 Å². The number of nitrogens with two attached hydrogens (primary N) is 1. The highest BCUT2D eigenvalue weighted by atomic mass is 32.1. The molecule has 0 saturated carbocycles. The van der Waals surface area contributed by atoms with Crippen molar-refractivity contribution in [2.24, 2.45) is 10.7 Å². The van der Waals surface area contributed by atoms with Crippen LogP contribution in [-0.4, -0.2) is 28.3 Å². The van der Waals surface area contributed by atoms with E-state index >= 15 is 0 Å². The molecular weight excluding hydrogens is 408 g/mol. The third-order valence-electron chi connectivity index (χ3n) is 3.99. The number of nitrogens with zero attached hydrogens (tertiary/aromatic N) is 3. The number of carbonyl (C=O) groups excluding carboxylic acids is 1. The molecular formula is C19H20N6O4S. The number of anilines is 1. The van der Waals surface area contributed by atoms with E-state index in [2.05, 4.69) is 20.6 Å². The number of nitrogens with one attached hydrogen (secondary N) is 2. The summed E-state index contributed by atoms with van der Waals surface area (Å²) in [4.78, 5) is 29.9. The first-order valence-electron chi connectivity index (χ1n) is 9.00. The van der Waals surface area contributed by atoms with Crippen LogP contribution in [0.15, 0.2) is 51.2 Å². The van der Waals surface area contributed by atoms with Crippen molar-refractivity contribution in [3.63, 3.8) is 0 Å². The van der Waals surface area contributed by atoms with Gasteiger partial charge in [-0.15, -0.1) is 11.3 Å². The summed E-state index contributed by atoms with van der Waals surface area (Å²) >= 11 is 1.36. The maximum atomic E-state index is 11.0. The maximum absolute atomic E-state index is 11.0. The summed E-state index contributed by atoms with van der Waals surface area (Å²) in [7, 11) is 0. The van der Waals surface area contributed by atoms with Gasteiger partial charge in [0.2, 0.25) is 5.91 Å². The quantitative estimate of drug-likeness (QED) is 0.216. The molecule has 11 heteroatoms. The molecule has 2 aromatic heterocycles. The summed E-state index contributed by atoms with van der Waals surface area (Å²) in [6.07, 6.45) is 0.604. The molecule has 0 saturated heterocycles. The van der Waals surface area contributed by atoms with Crippen LogP contribution in [0.3, 0.4) is 0 Å². The Morgan fingerprint density at radius 2 is 2.07 bits per heavy atom. The lowest BCUT2D eigenvalue weighted by atomic mass is 10.1. The summed E-state index contributed by atoms with van der Waals surface area (Å²) in [6.45, 7) is 2.19. The van der Waals surface area contributed by atoms with Gasteiger partial charge in [0.05, 0.1) is 11.5 Å². The molecule has 3 rings (SSSR count). The minimum Gasteiger partial charge on any atom is -0.458 e. The Morgan fingerprint density at radius 3 is 2.77 bits per heavy atom. The Bertz CT molecular complexity index is 1060. The first kappa shape index (κ1) is 21.0. The van der Waals surface area contributed by atoms with Gasteiger partial charge in [-0.2, -0.15) is 0 Å². The predicted octanol–water partition coefficient (Wildman–Crippen LogP) is 2.92. The van der Waals surface area contributed by atoms with Gasteiger partial charge in [-0.3, -0.25) is 19.9 Å². The fraction of sp³-hybridized carbons (Fsp3) is 0.211. The standard InChI is InChI=1S/C19H20N6O4S/c1-12(26)22-10-15-6-7-17(29-15)16-11-30-19(23-16)24-18(20)21-9-8-13-2-4-14(5-3-13)25(27)28/h2-7,11H,8-10H2,1H3,(H,22,26)(H3,20,21,23,24). The number of aromatic nitrogens is 1. The van der Waals surface area contributed by atoms with Crippen LogP contribution in [0, 0.1) is 10.1 Å². The molecule has 1 amide bonds. The highest BCUT2D eigenvalue weighted by Crippen LogP contribution is 2.26. The van der Waals surface area contributed by atoms with E-state index in [1.165, 1.54) is 30.4 Å². The molecule has 0 aliphatic heterocycles. The van der Waals surface area contributed by atoms with Crippen LogP contribution in [0.1, 0.15) is 18.2 Å². The van der Waals surface area contributed by atoms with Gasteiger partial charge in [0.25, 0.3) is 5.69 Å². The molecule has 4 N–H and O–H groups in total. The van der Waals surface area contributed by atoms with Crippen LogP contribution in [0.5, 0.6) is 0 Å². The molecule has 0 bridgehead atoms. The van der Waals surface area contributed by atoms with E-state index in [0.717, 1.165) is 5.56 Å². The second kappa shape index (κ2) is 9.65. The molecule has 0 spiro atoms. The van der Waals surface area contributed by atoms with Crippen molar-refractivity contribution < 1.29 is 14.1 Å². The molecule has 0 unspecified atom stereocenters. The number of hydrogen-bond acceptors (Lipinski definition) is 7. The number of thiazole rings is 1. The Labute approximate surface area is 176 Å². The number of rotatable bonds is 8. The van der Waals surface area contributed by atoms with Crippen LogP contribution >= 0.6 is 11.3 Å². The Kier molecular flexibility index (Phi) is 6.75. The molecule has 1 aromatic carbocycles. The molecule has 30 heavy (non-hydrogen) atoms. The van der Waals surface area contributed by atoms with Gasteiger partial charge in [0.15, 0.2) is 16.9 Å². The van der Waals surface area contributed by atoms with E-state index in [-0.39, 0.29) is 17.6 Å². The summed E-state index contributed by atoms with van der Waals surface area (Å²) in [5.74, 6) is 1.32. The van der Waals surface area contributed by atoms with Gasteiger partial charge in [0, 0.05) is 31.0 Å². The number of aliphatic imine (C=N–C) groups is 1. The van der Waals surface area contributed by atoms with Crippen LogP contribution in [0.25, 0.3) is 11.5 Å². The largest absolute Gasteiger partial charge is 0.458 e. The summed E-state index contributed by atoms with van der Waals surface area (Å²) < 4.78 is 5.67. The molecule has 0 fully saturated rings. The maximum Gasteiger partial charge on any atom is 0.269 e. The van der Waals surface area contributed by atoms with Crippen molar-refractivity contribution in [3.05, 3.63) is 63.2 Å². The number of nitro groups is 1. The average Bonchev–Trinajstić information content (AvgIpc) is 3.36. The minimum absolute atomic E-state index is 0.0572. The first-order chi connectivity index (χ1) is 14.4. The number of furan rings is 1. The van der Waals surface area contributed by atoms with Gasteiger partial charge in [-0.05, 0) is 24.1 Å². The second-order valence-electron chi connectivity index (χ2n) is 6.28. The molecule has 3 aromatic rings. The molecule has 10 nitrogen and oxygen atoms in total. The SMILES string of the molecule is CC(=O)NCc1ccc(-c2csc(NC(N)=NCCc3ccc([N+](=O)[O-])cc3)n2)o1. The van der Waals surface area contributed by atoms with Crippen LogP contribution in [-0.2, 0) is 17.8 Å². The van der Waals surface area contributed by atoms with Crippen molar-refractivity contribution in [1.82, 2.24) is 10.3 Å². The molecule has 156 valence electrons. The molecule has 0 aliphatic rings. The van der Waals surface area contributed by atoms with E-state index in [0.29, 0.717) is 41.9 Å². The van der Waals surface area contributed by atoms with E-state index in [4.69, 9.17) is 10.2 Å². The number of nitro benzene ring substituents is 1. The van der Waals surface area contributed by atoms with Crippen LogP contribution < -0.4 is 16.4 Å². The lowest BCUT2D eigenvalue weighted by Gasteiger charge is -2.02. The lowest BCUT2D eigenvalue weighted by Crippen LogP contribution is -2.23. The predicted molar refractivity (Wildman–Crippen MR) is 114 cm³/mol. The second-order valence-corrected chi connectivity index (χ2v) is 7.14. The fourth-order valence-corrected chi connectivity index (χ4v) is 3.21. The zero-order chi connectivity index (χ0) is 21.5. The third-order valence-corrected chi connectivity index (χ3v) is 4.75. The molecule has 0 radical (unpaired) electrons. The summed E-state index contributed by atoms with van der Waals surface area (Å²) in [5, 5.41) is 18.7. The van der Waals surface area contributed by atoms with Crippen molar-refractivity contribution >= 4 is 34.0 Å². The van der Waals surface area contributed by atoms with E-state index in [1.54, 1.807) is 24.3 Å². The monoisotopic (exact) mass is 428 g/mol. The van der Waals surface area contributed by atoms with Crippen LogP contribution in [0.4, 0.5) is 10.8 Å². The number of hydrogen-bond donors (Lipinski definition) is 3. The lowest BCUT2D eigenvalue weighted by molar-refractivity contribution is -0.384. The van der Waals surface area contributed by atoms with Gasteiger partial charge in [-0.1, -0.05) is 12.1 Å². The van der Waals surface area contributed by atoms with Crippen molar-refractivity contribution in [2.45, 2.75) is 19.9 Å². The summed E-state index contributed by atoms with van der Waals surface area (Å²) in [6, 6.07) is 9.91. The zero-order valence-corrected chi connectivity index (χ0v) is 16.9. The zero-order valence-electron chi connectivity index (χ0n) is 16.1. The average molecular weight is 428 g/mol. The number of carbonyl (C=O) groups is 1. The number of non-ortho nitro benzene ring substituents is 1. The number of benzene rings is 1. The molecule has 0 aliphatic carbocycles. The Balaban J connectivity index is 1.52. The van der Waals surface area contributed by atoms with Gasteiger partial charge in [0.1, 0.15) is 11.5 Å². The van der Waals surface area contributed by atoms with Crippen LogP contribution in [0.2, 0.25) is 0 Å². The Hall–Kier alpha value is -3.73. The van der Waals surface area contributed by atoms with Gasteiger partial charge < -0.3 is 20.8 Å². The third kappa shape index (κ3) is 5.88.